The second-order valence-corrected chi connectivity index (χ2v) is 19.6. The second kappa shape index (κ2) is 5.07. The topological polar surface area (TPSA) is 17.1 Å². The van der Waals surface area contributed by atoms with Crippen LogP contribution in [0.1, 0.15) is 0 Å². The first-order valence-electron chi connectivity index (χ1n) is 1.36. The molecule has 7 heavy (non-hydrogen) atoms. The first kappa shape index (κ1) is 9.25. The van der Waals surface area contributed by atoms with Crippen LogP contribution in [0.2, 0.25) is 0 Å². The molecular weight excluding hydrogens is 202 g/mol. The number of hydrogen-bond acceptors (Lipinski definition) is 1. The van der Waals surface area contributed by atoms with Gasteiger partial charge in [-0.3, -0.25) is 4.57 Å². The van der Waals surface area contributed by atoms with Gasteiger partial charge in [-0.05, 0) is 6.99 Å². The maximum absolute atomic E-state index is 10.0. The molecule has 42 valence electrons. The van der Waals surface area contributed by atoms with E-state index in [0.29, 0.717) is 0 Å². The molecule has 0 aliphatic rings. The molecule has 0 radical (unpaired) electrons. The fourth-order valence-electron chi connectivity index (χ4n) is 0.0422. The van der Waals surface area contributed by atoms with E-state index in [0.717, 1.165) is 0 Å². The number of rotatable bonds is 2. The van der Waals surface area contributed by atoms with Crippen LogP contribution in [0.3, 0.4) is 0 Å². The molecule has 0 aliphatic carbocycles. The average molecular weight is 208 g/mol. The Morgan fingerprint density at radius 2 is 1.71 bits per heavy atom. The van der Waals surface area contributed by atoms with Crippen molar-refractivity contribution in [2.24, 2.45) is 0 Å². The van der Waals surface area contributed by atoms with Crippen molar-refractivity contribution in [1.82, 2.24) is 0 Å². The highest BCUT2D eigenvalue weighted by Gasteiger charge is 2.03. The van der Waals surface area contributed by atoms with E-state index >= 15 is 0 Å². The summed E-state index contributed by atoms with van der Waals surface area (Å²) in [5.41, 5.74) is 0. The van der Waals surface area contributed by atoms with Gasteiger partial charge in [0.25, 0.3) is 0 Å². The van der Waals surface area contributed by atoms with Crippen LogP contribution in [0.25, 0.3) is 0 Å². The van der Waals surface area contributed by atoms with Gasteiger partial charge < -0.3 is 0 Å². The zero-order valence-electron chi connectivity index (χ0n) is 3.48. The van der Waals surface area contributed by atoms with Crippen LogP contribution < -0.4 is 0 Å². The lowest BCUT2D eigenvalue weighted by molar-refractivity contribution is 0.605. The van der Waals surface area contributed by atoms with Crippen LogP contribution in [0, 0.1) is 0 Å². The van der Waals surface area contributed by atoms with Crippen molar-refractivity contribution in [3.63, 3.8) is 0 Å². The van der Waals surface area contributed by atoms with E-state index in [1.165, 1.54) is 0 Å². The van der Waals surface area contributed by atoms with Gasteiger partial charge in [-0.25, -0.2) is 0 Å². The Bertz CT molecular complexity index is 57.2. The molecule has 0 amide bonds. The lowest BCUT2D eigenvalue weighted by Gasteiger charge is -2.03. The maximum atomic E-state index is 10.0. The van der Waals surface area contributed by atoms with Gasteiger partial charge in [-0.2, -0.15) is 0 Å². The first-order valence-corrected chi connectivity index (χ1v) is 11.1. The normalized spacial score (nSPS) is 15.4. The molecule has 0 saturated heterocycles. The van der Waals surface area contributed by atoms with Crippen LogP contribution in [0.4, 0.5) is 0 Å². The molecule has 4 atom stereocenters. The summed E-state index contributed by atoms with van der Waals surface area (Å²) in [5, 5.41) is 0. The summed E-state index contributed by atoms with van der Waals surface area (Å²) in [7, 11) is 8.16. The lowest BCUT2D eigenvalue weighted by atomic mass is 16.0. The van der Waals surface area contributed by atoms with Gasteiger partial charge >= 0.3 is 0 Å². The zero-order chi connectivity index (χ0) is 5.86. The Balaban J connectivity index is 3.33. The largest absolute Gasteiger partial charge is 0.269 e. The number of hydrogen-bond donors (Lipinski definition) is 0. The van der Waals surface area contributed by atoms with E-state index in [1.54, 1.807) is 0 Å². The lowest BCUT2D eigenvalue weighted by Crippen LogP contribution is -1.19. The molecule has 0 aromatic heterocycles. The van der Waals surface area contributed by atoms with Crippen LogP contribution >= 0.6 is 48.9 Å². The van der Waals surface area contributed by atoms with Crippen molar-refractivity contribution in [2.75, 3.05) is 0 Å². The minimum atomic E-state index is -0.313. The van der Waals surface area contributed by atoms with Crippen molar-refractivity contribution >= 4 is 48.9 Å². The maximum Gasteiger partial charge on any atom is 0.190 e. The Kier molecular flexibility index (Phi) is 6.70. The molecule has 0 aromatic carbocycles. The summed E-state index contributed by atoms with van der Waals surface area (Å²) >= 11 is 0. The van der Waals surface area contributed by atoms with E-state index in [1.807, 2.05) is 0 Å². The predicted octanol–water partition coefficient (Wildman–Crippen LogP) is 3.44. The Morgan fingerprint density at radius 3 is 1.71 bits per heavy atom. The fraction of sp³-hybridized carbons (Fsp3) is 0. The minimum Gasteiger partial charge on any atom is -0.269 e. The highest BCUT2D eigenvalue weighted by Crippen LogP contribution is 2.88. The van der Waals surface area contributed by atoms with Gasteiger partial charge in [0.1, 0.15) is 0 Å². The molecule has 1 nitrogen and oxygen atoms in total. The highest BCUT2D eigenvalue weighted by molar-refractivity contribution is 8.93. The third-order valence-electron chi connectivity index (χ3n) is 0.320. The van der Waals surface area contributed by atoms with Crippen LogP contribution in [-0.4, -0.2) is 0 Å². The summed E-state index contributed by atoms with van der Waals surface area (Å²) in [6.07, 6.45) is 0. The van der Waals surface area contributed by atoms with Crippen molar-refractivity contribution in [3.05, 3.63) is 0 Å². The Labute approximate surface area is 54.0 Å². The van der Waals surface area contributed by atoms with Crippen LogP contribution in [-0.2, 0) is 4.57 Å². The molecule has 0 aliphatic heterocycles. The van der Waals surface area contributed by atoms with Crippen LogP contribution in [0.5, 0.6) is 0 Å². The standard InChI is InChI=1S/H6OP6/c1-5-7(4)6(2)3/h2-4H2. The zero-order valence-corrected chi connectivity index (χ0v) is 9.63. The monoisotopic (exact) mass is 208 g/mol. The van der Waals surface area contributed by atoms with Crippen molar-refractivity contribution < 1.29 is 4.57 Å². The van der Waals surface area contributed by atoms with Gasteiger partial charge in [0.2, 0.25) is 0 Å². The summed E-state index contributed by atoms with van der Waals surface area (Å²) in [6, 6.07) is 0. The molecular formula is H6OP6. The molecule has 0 rings (SSSR count). The van der Waals surface area contributed by atoms with E-state index in [9.17, 15) is 4.57 Å². The molecule has 4 unspecified atom stereocenters. The van der Waals surface area contributed by atoms with E-state index < -0.39 is 0 Å². The van der Waals surface area contributed by atoms with Crippen LogP contribution in [0.15, 0.2) is 0 Å². The molecule has 0 spiro atoms. The predicted molar refractivity (Wildman–Crippen MR) is 50.6 cm³/mol. The Hall–Kier alpha value is 2.25. The molecule has 0 aromatic rings. The minimum absolute atomic E-state index is 0.126. The van der Waals surface area contributed by atoms with E-state index in [2.05, 4.69) is 26.8 Å². The van der Waals surface area contributed by atoms with Crippen molar-refractivity contribution in [2.45, 2.75) is 0 Å². The average Bonchev–Trinajstić information content (AvgIpc) is 1.65. The van der Waals surface area contributed by atoms with Gasteiger partial charge in [-0.1, -0.05) is 8.93 Å². The third kappa shape index (κ3) is 4.73. The van der Waals surface area contributed by atoms with Gasteiger partial charge in [0, 0.05) is 6.99 Å². The molecule has 0 N–H and O–H groups in total. The quantitative estimate of drug-likeness (QED) is 0.635. The summed E-state index contributed by atoms with van der Waals surface area (Å²) in [4.78, 5) is 0. The van der Waals surface area contributed by atoms with Crippen molar-refractivity contribution in [1.29, 1.82) is 0 Å². The third-order valence-corrected chi connectivity index (χ3v) is 21.4. The summed E-state index contributed by atoms with van der Waals surface area (Å²) in [5.74, 6) is 0. The van der Waals surface area contributed by atoms with Gasteiger partial charge in [-0.15, -0.1) is 17.9 Å². The molecule has 0 heterocycles. The van der Waals surface area contributed by atoms with E-state index in [-0.39, 0.29) is 22.1 Å². The van der Waals surface area contributed by atoms with E-state index in [4.69, 9.17) is 0 Å². The van der Waals surface area contributed by atoms with Gasteiger partial charge in [0.15, 0.2) is 8.15 Å². The molecule has 7 heteroatoms. The summed E-state index contributed by atoms with van der Waals surface area (Å²) < 4.78 is 10.0. The molecule has 0 bridgehead atoms. The first-order chi connectivity index (χ1) is 3.18. The second-order valence-electron chi connectivity index (χ2n) is 0.782. The fourth-order valence-corrected chi connectivity index (χ4v) is 3.42. The highest BCUT2D eigenvalue weighted by atomic mass is 33.0. The molecule has 0 saturated carbocycles. The summed E-state index contributed by atoms with van der Waals surface area (Å²) in [6.45, 7) is -0.439. The molecule has 0 fully saturated rings. The Morgan fingerprint density at radius 1 is 1.29 bits per heavy atom. The van der Waals surface area contributed by atoms with Gasteiger partial charge in [0.05, 0.1) is 0 Å². The van der Waals surface area contributed by atoms with Crippen molar-refractivity contribution in [3.8, 4) is 0 Å². The SMILES string of the molecule is O=PP(P)P(P)P. The smallest absolute Gasteiger partial charge is 0.190 e.